The van der Waals surface area contributed by atoms with Crippen molar-refractivity contribution in [3.05, 3.63) is 0 Å². The maximum atomic E-state index is 12.4. The molecular weight excluding hydrogens is 230 g/mol. The number of likely N-dealkylation sites (tertiary alicyclic amines) is 1. The fourth-order valence-electron chi connectivity index (χ4n) is 3.08. The second-order valence-electron chi connectivity index (χ2n) is 5.69. The highest BCUT2D eigenvalue weighted by Crippen LogP contribution is 2.29. The molecule has 1 saturated heterocycles. The summed E-state index contributed by atoms with van der Waals surface area (Å²) in [5.74, 6) is -0.249. The van der Waals surface area contributed by atoms with Gasteiger partial charge in [-0.05, 0) is 25.7 Å². The van der Waals surface area contributed by atoms with E-state index in [9.17, 15) is 9.59 Å². The molecule has 1 aliphatic carbocycles. The smallest absolute Gasteiger partial charge is 0.242 e. The minimum atomic E-state index is -0.655. The Morgan fingerprint density at radius 3 is 2.11 bits per heavy atom. The molecule has 0 aromatic carbocycles. The first-order chi connectivity index (χ1) is 8.53. The Morgan fingerprint density at radius 2 is 1.61 bits per heavy atom. The van der Waals surface area contributed by atoms with Gasteiger partial charge in [0.15, 0.2) is 0 Å². The summed E-state index contributed by atoms with van der Waals surface area (Å²) in [4.78, 5) is 25.4. The molecule has 102 valence electrons. The van der Waals surface area contributed by atoms with E-state index in [1.165, 1.54) is 6.42 Å². The molecule has 0 aromatic rings. The lowest BCUT2D eigenvalue weighted by molar-refractivity contribution is -0.141. The lowest BCUT2D eigenvalue weighted by Gasteiger charge is -2.39. The monoisotopic (exact) mass is 253 g/mol. The van der Waals surface area contributed by atoms with E-state index in [1.54, 1.807) is 0 Å². The van der Waals surface area contributed by atoms with E-state index < -0.39 is 5.54 Å². The number of piperidine rings is 1. The van der Waals surface area contributed by atoms with Gasteiger partial charge in [0.25, 0.3) is 0 Å². The predicted molar refractivity (Wildman–Crippen MR) is 68.5 cm³/mol. The Labute approximate surface area is 108 Å². The van der Waals surface area contributed by atoms with Crippen LogP contribution in [0.15, 0.2) is 0 Å². The summed E-state index contributed by atoms with van der Waals surface area (Å²) >= 11 is 0. The van der Waals surface area contributed by atoms with Crippen LogP contribution < -0.4 is 11.5 Å². The van der Waals surface area contributed by atoms with Crippen molar-refractivity contribution < 1.29 is 9.59 Å². The van der Waals surface area contributed by atoms with Crippen LogP contribution in [-0.2, 0) is 9.59 Å². The molecule has 2 amide bonds. The van der Waals surface area contributed by atoms with Gasteiger partial charge in [-0.1, -0.05) is 19.3 Å². The van der Waals surface area contributed by atoms with E-state index in [2.05, 4.69) is 0 Å². The Bertz CT molecular complexity index is 329. The van der Waals surface area contributed by atoms with Crippen molar-refractivity contribution in [3.63, 3.8) is 0 Å². The van der Waals surface area contributed by atoms with Crippen LogP contribution in [0.25, 0.3) is 0 Å². The van der Waals surface area contributed by atoms with E-state index in [1.807, 2.05) is 4.90 Å². The van der Waals surface area contributed by atoms with Crippen molar-refractivity contribution in [2.75, 3.05) is 13.1 Å². The van der Waals surface area contributed by atoms with Crippen molar-refractivity contribution in [2.24, 2.45) is 17.4 Å². The van der Waals surface area contributed by atoms with Crippen LogP contribution in [0.2, 0.25) is 0 Å². The first-order valence-corrected chi connectivity index (χ1v) is 6.90. The van der Waals surface area contributed by atoms with Crippen molar-refractivity contribution in [2.45, 2.75) is 50.5 Å². The van der Waals surface area contributed by atoms with Crippen molar-refractivity contribution in [1.29, 1.82) is 0 Å². The van der Waals surface area contributed by atoms with E-state index in [0.717, 1.165) is 25.7 Å². The zero-order chi connectivity index (χ0) is 13.2. The van der Waals surface area contributed by atoms with Crippen molar-refractivity contribution in [3.8, 4) is 0 Å². The van der Waals surface area contributed by atoms with Gasteiger partial charge in [0.05, 0.1) is 5.54 Å². The van der Waals surface area contributed by atoms with Gasteiger partial charge in [-0.15, -0.1) is 0 Å². The number of hydrogen-bond acceptors (Lipinski definition) is 3. The third-order valence-corrected chi connectivity index (χ3v) is 4.36. The molecular formula is C13H23N3O2. The zero-order valence-corrected chi connectivity index (χ0v) is 10.9. The number of amides is 2. The molecule has 0 atom stereocenters. The Hall–Kier alpha value is -1.10. The average Bonchev–Trinajstić information content (AvgIpc) is 2.39. The second-order valence-corrected chi connectivity index (χ2v) is 5.69. The summed E-state index contributed by atoms with van der Waals surface area (Å²) in [6, 6.07) is 0. The minimum absolute atomic E-state index is 0.0742. The molecule has 0 radical (unpaired) electrons. The lowest BCUT2D eigenvalue weighted by Crippen LogP contribution is -2.58. The quantitative estimate of drug-likeness (QED) is 0.745. The third-order valence-electron chi connectivity index (χ3n) is 4.36. The van der Waals surface area contributed by atoms with E-state index in [4.69, 9.17) is 11.5 Å². The molecule has 2 rings (SSSR count). The summed E-state index contributed by atoms with van der Waals surface area (Å²) in [6.07, 6.45) is 6.20. The Morgan fingerprint density at radius 1 is 1.06 bits per heavy atom. The lowest BCUT2D eigenvalue weighted by atomic mass is 9.81. The first-order valence-electron chi connectivity index (χ1n) is 6.90. The molecule has 1 saturated carbocycles. The largest absolute Gasteiger partial charge is 0.369 e. The molecule has 1 heterocycles. The molecule has 1 aliphatic heterocycles. The zero-order valence-electron chi connectivity index (χ0n) is 10.9. The molecule has 5 nitrogen and oxygen atoms in total. The van der Waals surface area contributed by atoms with Crippen LogP contribution in [0.1, 0.15) is 44.9 Å². The summed E-state index contributed by atoms with van der Waals surface area (Å²) in [5, 5.41) is 0. The highest BCUT2D eigenvalue weighted by atomic mass is 16.2. The molecule has 0 bridgehead atoms. The number of nitrogens with two attached hydrogens (primary N) is 2. The molecule has 18 heavy (non-hydrogen) atoms. The van der Waals surface area contributed by atoms with Gasteiger partial charge in [-0.2, -0.15) is 0 Å². The Balaban J connectivity index is 1.92. The fraction of sp³-hybridized carbons (Fsp3) is 0.846. The molecule has 0 spiro atoms. The van der Waals surface area contributed by atoms with Gasteiger partial charge in [-0.25, -0.2) is 0 Å². The topological polar surface area (TPSA) is 89.4 Å². The van der Waals surface area contributed by atoms with Crippen LogP contribution >= 0.6 is 0 Å². The van der Waals surface area contributed by atoms with E-state index in [-0.39, 0.29) is 17.7 Å². The Kier molecular flexibility index (Phi) is 3.90. The van der Waals surface area contributed by atoms with Crippen LogP contribution in [0.4, 0.5) is 0 Å². The maximum Gasteiger partial charge on any atom is 0.242 e. The predicted octanol–water partition coefficient (Wildman–Crippen LogP) is 0.372. The number of hydrogen-bond donors (Lipinski definition) is 2. The number of carbonyl (C=O) groups is 2. The molecule has 0 unspecified atom stereocenters. The highest BCUT2D eigenvalue weighted by Gasteiger charge is 2.39. The minimum Gasteiger partial charge on any atom is -0.369 e. The third kappa shape index (κ3) is 2.66. The van der Waals surface area contributed by atoms with Crippen molar-refractivity contribution >= 4 is 11.8 Å². The summed E-state index contributed by atoms with van der Waals surface area (Å²) in [6.45, 7) is 1.23. The molecule has 0 aromatic heterocycles. The number of nitrogens with zero attached hydrogens (tertiary/aromatic N) is 1. The number of rotatable bonds is 2. The molecule has 2 aliphatic rings. The average molecular weight is 253 g/mol. The summed E-state index contributed by atoms with van der Waals surface area (Å²) < 4.78 is 0. The van der Waals surface area contributed by atoms with Gasteiger partial charge in [0, 0.05) is 19.0 Å². The molecule has 5 heteroatoms. The summed E-state index contributed by atoms with van der Waals surface area (Å²) in [7, 11) is 0. The highest BCUT2D eigenvalue weighted by molar-refractivity contribution is 5.86. The SMILES string of the molecule is NC(=O)C1CCN(C(=O)C2(N)CCCCC2)CC1. The van der Waals surface area contributed by atoms with Crippen molar-refractivity contribution in [1.82, 2.24) is 4.90 Å². The van der Waals surface area contributed by atoms with Gasteiger partial charge in [0.1, 0.15) is 0 Å². The van der Waals surface area contributed by atoms with Crippen LogP contribution in [0.5, 0.6) is 0 Å². The van der Waals surface area contributed by atoms with Crippen LogP contribution in [-0.4, -0.2) is 35.3 Å². The van der Waals surface area contributed by atoms with Gasteiger partial charge in [0.2, 0.25) is 11.8 Å². The van der Waals surface area contributed by atoms with Gasteiger partial charge in [-0.3, -0.25) is 9.59 Å². The van der Waals surface area contributed by atoms with Crippen LogP contribution in [0.3, 0.4) is 0 Å². The van der Waals surface area contributed by atoms with Gasteiger partial charge >= 0.3 is 0 Å². The number of primary amides is 1. The van der Waals surface area contributed by atoms with Crippen LogP contribution in [0, 0.1) is 5.92 Å². The maximum absolute atomic E-state index is 12.4. The summed E-state index contributed by atoms with van der Waals surface area (Å²) in [5.41, 5.74) is 10.9. The number of carbonyl (C=O) groups excluding carboxylic acids is 2. The first kappa shape index (κ1) is 13.3. The molecule has 4 N–H and O–H groups in total. The second kappa shape index (κ2) is 5.26. The molecule has 2 fully saturated rings. The fourth-order valence-corrected chi connectivity index (χ4v) is 3.08. The van der Waals surface area contributed by atoms with E-state index >= 15 is 0 Å². The standard InChI is InChI=1S/C13H23N3O2/c14-11(17)10-4-8-16(9-5-10)12(18)13(15)6-2-1-3-7-13/h10H,1-9,15H2,(H2,14,17). The van der Waals surface area contributed by atoms with Gasteiger partial charge < -0.3 is 16.4 Å². The normalized spacial score (nSPS) is 24.8. The van der Waals surface area contributed by atoms with E-state index in [0.29, 0.717) is 25.9 Å².